The summed E-state index contributed by atoms with van der Waals surface area (Å²) in [6.45, 7) is 8.82. The van der Waals surface area contributed by atoms with Gasteiger partial charge in [-0.25, -0.2) is 9.89 Å². The van der Waals surface area contributed by atoms with Crippen molar-refractivity contribution in [1.82, 2.24) is 29.9 Å². The number of nitrogens with zero attached hydrogens (tertiary/aromatic N) is 4. The highest BCUT2D eigenvalue weighted by Crippen LogP contribution is 2.36. The smallest absolute Gasteiger partial charge is 0.344 e. The number of rotatable bonds is 6. The van der Waals surface area contributed by atoms with Crippen molar-refractivity contribution in [3.63, 3.8) is 0 Å². The van der Waals surface area contributed by atoms with Crippen LogP contribution in [0.4, 0.5) is 0 Å². The van der Waals surface area contributed by atoms with Crippen LogP contribution in [0, 0.1) is 0 Å². The van der Waals surface area contributed by atoms with Gasteiger partial charge in [-0.2, -0.15) is 0 Å². The molecule has 9 nitrogen and oxygen atoms in total. The molecule has 1 aliphatic heterocycles. The van der Waals surface area contributed by atoms with Gasteiger partial charge in [0.2, 0.25) is 11.8 Å². The number of aromatic amines is 1. The molecule has 0 atom stereocenters. The highest BCUT2D eigenvalue weighted by Gasteiger charge is 2.29. The molecule has 3 rings (SSSR count). The van der Waals surface area contributed by atoms with Crippen molar-refractivity contribution >= 4 is 23.6 Å². The van der Waals surface area contributed by atoms with E-state index in [0.29, 0.717) is 37.9 Å². The average molecular weight is 397 g/mol. The summed E-state index contributed by atoms with van der Waals surface area (Å²) < 4.78 is 1.66. The number of amides is 2. The molecule has 1 saturated carbocycles. The van der Waals surface area contributed by atoms with E-state index in [1.54, 1.807) is 4.57 Å². The third-order valence-electron chi connectivity index (χ3n) is 4.52. The summed E-state index contributed by atoms with van der Waals surface area (Å²) in [6, 6.07) is 0.233. The van der Waals surface area contributed by atoms with Gasteiger partial charge in [-0.1, -0.05) is 11.8 Å². The van der Waals surface area contributed by atoms with Gasteiger partial charge in [-0.15, -0.1) is 5.10 Å². The molecule has 1 aliphatic carbocycles. The zero-order valence-electron chi connectivity index (χ0n) is 16.2. The number of carbonyl (C=O) groups is 2. The highest BCUT2D eigenvalue weighted by atomic mass is 32.2. The minimum atomic E-state index is -0.236. The van der Waals surface area contributed by atoms with Gasteiger partial charge < -0.3 is 10.2 Å². The molecule has 1 aromatic rings. The van der Waals surface area contributed by atoms with Gasteiger partial charge in [0.05, 0.1) is 12.3 Å². The van der Waals surface area contributed by atoms with Crippen molar-refractivity contribution in [2.75, 3.05) is 38.5 Å². The molecule has 27 heavy (non-hydrogen) atoms. The van der Waals surface area contributed by atoms with E-state index in [-0.39, 0.29) is 34.8 Å². The quantitative estimate of drug-likeness (QED) is 0.659. The lowest BCUT2D eigenvalue weighted by atomic mass is 10.1. The second-order valence-corrected chi connectivity index (χ2v) is 9.10. The Labute approximate surface area is 162 Å². The Hall–Kier alpha value is -1.81. The molecule has 0 bridgehead atoms. The number of piperazine rings is 1. The maximum Gasteiger partial charge on any atom is 0.344 e. The fraction of sp³-hybridized carbons (Fsp3) is 0.765. The fourth-order valence-electron chi connectivity index (χ4n) is 3.08. The molecule has 150 valence electrons. The summed E-state index contributed by atoms with van der Waals surface area (Å²) in [5, 5.41) is 10.1. The second-order valence-electron chi connectivity index (χ2n) is 8.16. The fourth-order valence-corrected chi connectivity index (χ4v) is 4.00. The minimum absolute atomic E-state index is 0.00871. The van der Waals surface area contributed by atoms with Crippen LogP contribution in [-0.4, -0.2) is 80.4 Å². The third-order valence-corrected chi connectivity index (χ3v) is 5.45. The first-order chi connectivity index (χ1) is 12.7. The van der Waals surface area contributed by atoms with E-state index in [4.69, 9.17) is 0 Å². The molecule has 2 heterocycles. The van der Waals surface area contributed by atoms with Gasteiger partial charge in [-0.05, 0) is 33.6 Å². The van der Waals surface area contributed by atoms with Crippen molar-refractivity contribution in [1.29, 1.82) is 0 Å². The van der Waals surface area contributed by atoms with Crippen LogP contribution < -0.4 is 11.0 Å². The topological polar surface area (TPSA) is 103 Å². The maximum atomic E-state index is 12.5. The summed E-state index contributed by atoms with van der Waals surface area (Å²) in [7, 11) is 0. The van der Waals surface area contributed by atoms with Crippen LogP contribution in [0.25, 0.3) is 0 Å². The molecule has 2 aliphatic rings. The number of hydrogen-bond donors (Lipinski definition) is 2. The Morgan fingerprint density at radius 1 is 1.22 bits per heavy atom. The number of hydrogen-bond acceptors (Lipinski definition) is 6. The number of carbonyl (C=O) groups excluding carboxylic acids is 2. The van der Waals surface area contributed by atoms with Gasteiger partial charge in [0, 0.05) is 37.8 Å². The molecule has 2 amide bonds. The van der Waals surface area contributed by atoms with Gasteiger partial charge in [-0.3, -0.25) is 19.1 Å². The summed E-state index contributed by atoms with van der Waals surface area (Å²) in [5.74, 6) is 0.313. The Morgan fingerprint density at radius 2 is 1.89 bits per heavy atom. The monoisotopic (exact) mass is 396 g/mol. The van der Waals surface area contributed by atoms with E-state index in [1.165, 1.54) is 11.8 Å². The zero-order valence-corrected chi connectivity index (χ0v) is 17.0. The van der Waals surface area contributed by atoms with Gasteiger partial charge in [0.25, 0.3) is 0 Å². The lowest BCUT2D eigenvalue weighted by molar-refractivity contribution is -0.130. The first-order valence-electron chi connectivity index (χ1n) is 9.34. The summed E-state index contributed by atoms with van der Waals surface area (Å²) in [6.07, 6.45) is 1.98. The predicted octanol–water partition coefficient (Wildman–Crippen LogP) is 0.0573. The van der Waals surface area contributed by atoms with E-state index < -0.39 is 0 Å². The molecular formula is C17H28N6O3S. The second kappa shape index (κ2) is 8.05. The number of aromatic nitrogens is 3. The third kappa shape index (κ3) is 5.58. The Morgan fingerprint density at radius 3 is 2.48 bits per heavy atom. The zero-order chi connectivity index (χ0) is 19.6. The SMILES string of the molecule is CC(C)(C)NC(=O)CN1CCN(C(=O)CSc2n[nH]c(=O)n2C2CC2)CC1. The van der Waals surface area contributed by atoms with Crippen LogP contribution in [0.2, 0.25) is 0 Å². The van der Waals surface area contributed by atoms with Crippen molar-refractivity contribution in [2.24, 2.45) is 0 Å². The molecule has 2 fully saturated rings. The van der Waals surface area contributed by atoms with Gasteiger partial charge in [0.1, 0.15) is 0 Å². The molecule has 0 aromatic carbocycles. The van der Waals surface area contributed by atoms with Crippen LogP contribution in [0.3, 0.4) is 0 Å². The van der Waals surface area contributed by atoms with Crippen molar-refractivity contribution in [3.05, 3.63) is 10.5 Å². The average Bonchev–Trinajstić information content (AvgIpc) is 3.34. The van der Waals surface area contributed by atoms with E-state index in [1.807, 2.05) is 25.7 Å². The van der Waals surface area contributed by atoms with E-state index in [0.717, 1.165) is 12.8 Å². The van der Waals surface area contributed by atoms with Gasteiger partial charge >= 0.3 is 5.69 Å². The molecule has 10 heteroatoms. The van der Waals surface area contributed by atoms with Crippen LogP contribution in [0.15, 0.2) is 9.95 Å². The molecule has 0 spiro atoms. The molecule has 2 N–H and O–H groups in total. The molecule has 1 aromatic heterocycles. The summed E-state index contributed by atoms with van der Waals surface area (Å²) in [5.41, 5.74) is -0.436. The van der Waals surface area contributed by atoms with Gasteiger partial charge in [0.15, 0.2) is 5.16 Å². The number of H-pyrrole nitrogens is 1. The predicted molar refractivity (Wildman–Crippen MR) is 103 cm³/mol. The normalized spacial score (nSPS) is 18.6. The Balaban J connectivity index is 1.42. The highest BCUT2D eigenvalue weighted by molar-refractivity contribution is 7.99. The Kier molecular flexibility index (Phi) is 5.95. The number of nitrogens with one attached hydrogen (secondary N) is 2. The molecule has 0 radical (unpaired) electrons. The van der Waals surface area contributed by atoms with E-state index >= 15 is 0 Å². The minimum Gasteiger partial charge on any atom is -0.350 e. The Bertz CT molecular complexity index is 741. The van der Waals surface area contributed by atoms with Crippen molar-refractivity contribution in [2.45, 2.75) is 50.4 Å². The van der Waals surface area contributed by atoms with Crippen molar-refractivity contribution in [3.8, 4) is 0 Å². The first kappa shape index (κ1) is 19.9. The lowest BCUT2D eigenvalue weighted by Crippen LogP contribution is -2.53. The standard InChI is InChI=1S/C17H28N6O3S/c1-17(2,3)18-13(24)10-21-6-8-22(9-7-21)14(25)11-27-16-20-19-15(26)23(16)12-4-5-12/h12H,4-11H2,1-3H3,(H,18,24)(H,19,26). The van der Waals surface area contributed by atoms with Crippen LogP contribution >= 0.6 is 11.8 Å². The van der Waals surface area contributed by atoms with Crippen LogP contribution in [0.5, 0.6) is 0 Å². The van der Waals surface area contributed by atoms with E-state index in [2.05, 4.69) is 20.4 Å². The molecule has 1 saturated heterocycles. The summed E-state index contributed by atoms with van der Waals surface area (Å²) >= 11 is 1.31. The first-order valence-corrected chi connectivity index (χ1v) is 10.3. The van der Waals surface area contributed by atoms with Crippen molar-refractivity contribution < 1.29 is 9.59 Å². The van der Waals surface area contributed by atoms with E-state index in [9.17, 15) is 14.4 Å². The summed E-state index contributed by atoms with van der Waals surface area (Å²) in [4.78, 5) is 40.2. The maximum absolute atomic E-state index is 12.5. The lowest BCUT2D eigenvalue weighted by Gasteiger charge is -2.34. The van der Waals surface area contributed by atoms with Crippen LogP contribution in [-0.2, 0) is 9.59 Å². The molecule has 0 unspecified atom stereocenters. The largest absolute Gasteiger partial charge is 0.350 e. The number of thioether (sulfide) groups is 1. The molecular weight excluding hydrogens is 368 g/mol. The van der Waals surface area contributed by atoms with Crippen LogP contribution in [0.1, 0.15) is 39.7 Å².